The number of benzene rings is 3. The van der Waals surface area contributed by atoms with Gasteiger partial charge in [-0.1, -0.05) is 48.0 Å². The Morgan fingerprint density at radius 3 is 2.68 bits per heavy atom. The zero-order chi connectivity index (χ0) is 21.2. The molecule has 0 fully saturated rings. The minimum atomic E-state index is 0.702. The third-order valence-corrected chi connectivity index (χ3v) is 5.75. The van der Waals surface area contributed by atoms with Gasteiger partial charge in [0.15, 0.2) is 0 Å². The van der Waals surface area contributed by atoms with E-state index in [9.17, 15) is 0 Å². The summed E-state index contributed by atoms with van der Waals surface area (Å²) in [4.78, 5) is 9.37. The largest absolute Gasteiger partial charge is 0.384 e. The fraction of sp³-hybridized carbons (Fsp3) is 0.154. The zero-order valence-electron chi connectivity index (χ0n) is 17.3. The number of anilines is 1. The summed E-state index contributed by atoms with van der Waals surface area (Å²) in [6.07, 6.45) is 2.79. The molecule has 0 radical (unpaired) electrons. The first-order chi connectivity index (χ1) is 15.2. The normalized spacial score (nSPS) is 11.3. The average molecular weight is 427 g/mol. The second-order valence-electron chi connectivity index (χ2n) is 7.75. The number of imidazole rings is 1. The lowest BCUT2D eigenvalue weighted by molar-refractivity contribution is 0.684. The highest BCUT2D eigenvalue weighted by molar-refractivity contribution is 6.31. The van der Waals surface area contributed by atoms with E-state index in [2.05, 4.69) is 64.3 Å². The Bertz CT molecular complexity index is 1360. The number of rotatable bonds is 6. The van der Waals surface area contributed by atoms with Gasteiger partial charge in [-0.15, -0.1) is 0 Å². The van der Waals surface area contributed by atoms with Gasteiger partial charge >= 0.3 is 0 Å². The maximum absolute atomic E-state index is 6.11. The maximum Gasteiger partial charge on any atom is 0.141 e. The number of pyridine rings is 1. The van der Waals surface area contributed by atoms with Gasteiger partial charge in [-0.2, -0.15) is 0 Å². The van der Waals surface area contributed by atoms with Crippen LogP contribution in [0.4, 0.5) is 5.69 Å². The smallest absolute Gasteiger partial charge is 0.141 e. The van der Waals surface area contributed by atoms with Crippen LogP contribution in [0.2, 0.25) is 5.02 Å². The van der Waals surface area contributed by atoms with E-state index in [0.29, 0.717) is 5.02 Å². The molecule has 0 unspecified atom stereocenters. The van der Waals surface area contributed by atoms with Crippen molar-refractivity contribution in [2.75, 3.05) is 11.9 Å². The third kappa shape index (κ3) is 3.99. The molecule has 1 N–H and O–H groups in total. The van der Waals surface area contributed by atoms with Crippen molar-refractivity contribution in [3.8, 4) is 11.4 Å². The number of fused-ring (bicyclic) bond motifs is 2. The van der Waals surface area contributed by atoms with Crippen molar-refractivity contribution in [3.05, 3.63) is 89.6 Å². The molecule has 0 saturated heterocycles. The molecule has 0 aliphatic carbocycles. The predicted octanol–water partition coefficient (Wildman–Crippen LogP) is 6.72. The van der Waals surface area contributed by atoms with Crippen LogP contribution in [0.3, 0.4) is 0 Å². The van der Waals surface area contributed by atoms with Crippen molar-refractivity contribution in [2.24, 2.45) is 0 Å². The number of nitrogens with one attached hydrogen (secondary N) is 1. The second kappa shape index (κ2) is 8.40. The van der Waals surface area contributed by atoms with E-state index in [1.54, 1.807) is 0 Å². The van der Waals surface area contributed by atoms with Crippen molar-refractivity contribution in [2.45, 2.75) is 19.9 Å². The Balaban J connectivity index is 1.38. The topological polar surface area (TPSA) is 42.7 Å². The lowest BCUT2D eigenvalue weighted by Crippen LogP contribution is -2.08. The predicted molar refractivity (Wildman–Crippen MR) is 130 cm³/mol. The minimum Gasteiger partial charge on any atom is -0.384 e. The van der Waals surface area contributed by atoms with E-state index in [1.807, 2.05) is 36.5 Å². The zero-order valence-corrected chi connectivity index (χ0v) is 18.1. The molecular weight excluding hydrogens is 404 g/mol. The fourth-order valence-corrected chi connectivity index (χ4v) is 4.18. The van der Waals surface area contributed by atoms with Crippen molar-refractivity contribution in [3.63, 3.8) is 0 Å². The van der Waals surface area contributed by atoms with Crippen LogP contribution in [0.5, 0.6) is 0 Å². The van der Waals surface area contributed by atoms with Crippen LogP contribution in [0.15, 0.2) is 79.0 Å². The van der Waals surface area contributed by atoms with Crippen LogP contribution in [0.25, 0.3) is 33.3 Å². The van der Waals surface area contributed by atoms with Gasteiger partial charge in [-0.25, -0.2) is 4.98 Å². The van der Waals surface area contributed by atoms with Gasteiger partial charge in [0.2, 0.25) is 0 Å². The summed E-state index contributed by atoms with van der Waals surface area (Å²) in [7, 11) is 0. The van der Waals surface area contributed by atoms with Gasteiger partial charge in [0.1, 0.15) is 5.82 Å². The number of nitrogens with zero attached hydrogens (tertiary/aromatic N) is 3. The van der Waals surface area contributed by atoms with Crippen LogP contribution in [-0.2, 0) is 6.54 Å². The molecule has 0 aliphatic rings. The first-order valence-electron chi connectivity index (χ1n) is 10.5. The summed E-state index contributed by atoms with van der Waals surface area (Å²) in [6, 6.07) is 24.7. The fourth-order valence-electron chi connectivity index (χ4n) is 4.01. The third-order valence-electron chi connectivity index (χ3n) is 5.51. The van der Waals surface area contributed by atoms with E-state index in [0.717, 1.165) is 53.0 Å². The summed E-state index contributed by atoms with van der Waals surface area (Å²) in [5, 5.41) is 5.35. The Morgan fingerprint density at radius 2 is 1.81 bits per heavy atom. The lowest BCUT2D eigenvalue weighted by Gasteiger charge is -2.12. The first kappa shape index (κ1) is 19.6. The highest BCUT2D eigenvalue weighted by Gasteiger charge is 2.12. The molecule has 154 valence electrons. The summed E-state index contributed by atoms with van der Waals surface area (Å²) in [5.74, 6) is 1.02. The minimum absolute atomic E-state index is 0.702. The van der Waals surface area contributed by atoms with E-state index < -0.39 is 0 Å². The summed E-state index contributed by atoms with van der Waals surface area (Å²) < 4.78 is 2.33. The highest BCUT2D eigenvalue weighted by atomic mass is 35.5. The lowest BCUT2D eigenvalue weighted by atomic mass is 10.2. The molecule has 31 heavy (non-hydrogen) atoms. The van der Waals surface area contributed by atoms with Crippen molar-refractivity contribution < 1.29 is 0 Å². The van der Waals surface area contributed by atoms with Gasteiger partial charge in [-0.05, 0) is 55.3 Å². The summed E-state index contributed by atoms with van der Waals surface area (Å²) in [6.45, 7) is 3.84. The van der Waals surface area contributed by atoms with E-state index in [1.165, 1.54) is 11.1 Å². The monoisotopic (exact) mass is 426 g/mol. The number of hydrogen-bond acceptors (Lipinski definition) is 3. The molecule has 3 aromatic carbocycles. The Labute approximate surface area is 186 Å². The average Bonchev–Trinajstić information content (AvgIpc) is 3.14. The van der Waals surface area contributed by atoms with E-state index in [4.69, 9.17) is 16.6 Å². The summed E-state index contributed by atoms with van der Waals surface area (Å²) in [5.41, 5.74) is 6.57. The van der Waals surface area contributed by atoms with Gasteiger partial charge in [0.25, 0.3) is 0 Å². The molecule has 2 heterocycles. The number of halogens is 1. The molecule has 4 nitrogen and oxygen atoms in total. The molecule has 0 atom stereocenters. The molecule has 0 bridgehead atoms. The highest BCUT2D eigenvalue weighted by Crippen LogP contribution is 2.27. The second-order valence-corrected chi connectivity index (χ2v) is 8.18. The molecule has 0 aliphatic heterocycles. The molecule has 0 saturated carbocycles. The van der Waals surface area contributed by atoms with Crippen LogP contribution in [-0.4, -0.2) is 21.1 Å². The molecule has 0 amide bonds. The molecular formula is C26H23ClN4. The molecule has 2 aromatic heterocycles. The SMILES string of the molecule is Cc1ccc2c(c1)nc(-c1ccccc1)n2CCCNc1ccnc2cc(Cl)ccc12. The van der Waals surface area contributed by atoms with E-state index in [-0.39, 0.29) is 0 Å². The van der Waals surface area contributed by atoms with Crippen LogP contribution >= 0.6 is 11.6 Å². The molecule has 5 heteroatoms. The molecule has 5 aromatic rings. The first-order valence-corrected chi connectivity index (χ1v) is 10.9. The van der Waals surface area contributed by atoms with Crippen molar-refractivity contribution in [1.29, 1.82) is 0 Å². The number of hydrogen-bond donors (Lipinski definition) is 1. The van der Waals surface area contributed by atoms with E-state index >= 15 is 0 Å². The molecule has 0 spiro atoms. The summed E-state index contributed by atoms with van der Waals surface area (Å²) >= 11 is 6.11. The van der Waals surface area contributed by atoms with Gasteiger partial charge in [0, 0.05) is 40.9 Å². The van der Waals surface area contributed by atoms with Gasteiger partial charge in [-0.3, -0.25) is 4.98 Å². The number of aryl methyl sites for hydroxylation is 2. The quantitative estimate of drug-likeness (QED) is 0.306. The Kier molecular flexibility index (Phi) is 5.31. The van der Waals surface area contributed by atoms with Gasteiger partial charge < -0.3 is 9.88 Å². The number of aromatic nitrogens is 3. The van der Waals surface area contributed by atoms with Crippen LogP contribution in [0.1, 0.15) is 12.0 Å². The Morgan fingerprint density at radius 1 is 0.935 bits per heavy atom. The standard InChI is InChI=1S/C26H23ClN4/c1-18-8-11-25-24(16-18)30-26(19-6-3-2-4-7-19)31(25)15-5-13-28-22-12-14-29-23-17-20(27)9-10-21(22)23/h2-4,6-12,14,16-17H,5,13,15H2,1H3,(H,28,29). The molecule has 5 rings (SSSR count). The van der Waals surface area contributed by atoms with Crippen molar-refractivity contribution in [1.82, 2.24) is 14.5 Å². The van der Waals surface area contributed by atoms with Gasteiger partial charge in [0.05, 0.1) is 16.6 Å². The van der Waals surface area contributed by atoms with Crippen LogP contribution < -0.4 is 5.32 Å². The Hall–Kier alpha value is -3.37. The van der Waals surface area contributed by atoms with Crippen molar-refractivity contribution >= 4 is 39.2 Å². The van der Waals surface area contributed by atoms with Crippen LogP contribution in [0, 0.1) is 6.92 Å². The maximum atomic E-state index is 6.11.